The van der Waals surface area contributed by atoms with Crippen molar-refractivity contribution in [3.05, 3.63) is 30.7 Å². The van der Waals surface area contributed by atoms with Crippen molar-refractivity contribution in [3.8, 4) is 0 Å². The van der Waals surface area contributed by atoms with Gasteiger partial charge in [-0.15, -0.1) is 0 Å². The third-order valence-electron chi connectivity index (χ3n) is 4.15. The molecule has 2 aromatic rings. The van der Waals surface area contributed by atoms with Crippen molar-refractivity contribution in [2.75, 3.05) is 5.32 Å². The summed E-state index contributed by atoms with van der Waals surface area (Å²) in [6.07, 6.45) is 7.84. The fraction of sp³-hybridized carbons (Fsp3) is 0.400. The lowest BCUT2D eigenvalue weighted by Gasteiger charge is -2.37. The quantitative estimate of drug-likeness (QED) is 0.896. The molecule has 1 atom stereocenters. The number of pyridine rings is 2. The van der Waals surface area contributed by atoms with Crippen LogP contribution < -0.4 is 5.32 Å². The van der Waals surface area contributed by atoms with Crippen LogP contribution >= 0.6 is 0 Å². The first-order valence-corrected chi connectivity index (χ1v) is 6.81. The minimum absolute atomic E-state index is 0.0497. The largest absolute Gasteiger partial charge is 0.380 e. The zero-order chi connectivity index (χ0) is 14.2. The Morgan fingerprint density at radius 2 is 2.20 bits per heavy atom. The Bertz CT molecular complexity index is 645. The Labute approximate surface area is 117 Å². The number of hydrogen-bond donors (Lipinski definition) is 2. The SMILES string of the molecule is CC(O)(C(=O)Nc1ccnc2ccncc12)C1CCC1. The first kappa shape index (κ1) is 13.0. The molecule has 1 fully saturated rings. The maximum absolute atomic E-state index is 12.3. The van der Waals surface area contributed by atoms with Crippen LogP contribution in [0.4, 0.5) is 5.69 Å². The second kappa shape index (κ2) is 4.83. The molecule has 0 aromatic carbocycles. The molecule has 1 saturated carbocycles. The van der Waals surface area contributed by atoms with Gasteiger partial charge in [0, 0.05) is 24.0 Å². The molecule has 1 aliphatic rings. The lowest BCUT2D eigenvalue weighted by molar-refractivity contribution is -0.141. The maximum Gasteiger partial charge on any atom is 0.256 e. The Morgan fingerprint density at radius 1 is 1.40 bits per heavy atom. The van der Waals surface area contributed by atoms with E-state index >= 15 is 0 Å². The van der Waals surface area contributed by atoms with Crippen LogP contribution in [0, 0.1) is 5.92 Å². The first-order valence-electron chi connectivity index (χ1n) is 6.81. The topological polar surface area (TPSA) is 75.1 Å². The van der Waals surface area contributed by atoms with Crippen molar-refractivity contribution in [3.63, 3.8) is 0 Å². The van der Waals surface area contributed by atoms with Crippen LogP contribution in [-0.4, -0.2) is 26.6 Å². The molecular formula is C15H17N3O2. The van der Waals surface area contributed by atoms with Gasteiger partial charge in [-0.1, -0.05) is 6.42 Å². The Hall–Kier alpha value is -2.01. The maximum atomic E-state index is 12.3. The molecule has 2 N–H and O–H groups in total. The van der Waals surface area contributed by atoms with E-state index in [1.807, 2.05) is 0 Å². The summed E-state index contributed by atoms with van der Waals surface area (Å²) in [7, 11) is 0. The number of rotatable bonds is 3. The van der Waals surface area contributed by atoms with Crippen LogP contribution in [0.1, 0.15) is 26.2 Å². The number of carbonyl (C=O) groups excluding carboxylic acids is 1. The van der Waals surface area contributed by atoms with Gasteiger partial charge in [0.1, 0.15) is 5.60 Å². The number of nitrogens with one attached hydrogen (secondary N) is 1. The minimum atomic E-state index is -1.32. The number of hydrogen-bond acceptors (Lipinski definition) is 4. The van der Waals surface area contributed by atoms with E-state index in [0.29, 0.717) is 5.69 Å². The fourth-order valence-electron chi connectivity index (χ4n) is 2.50. The monoisotopic (exact) mass is 271 g/mol. The minimum Gasteiger partial charge on any atom is -0.380 e. The number of aliphatic hydroxyl groups is 1. The van der Waals surface area contributed by atoms with Crippen LogP contribution in [0.2, 0.25) is 0 Å². The van der Waals surface area contributed by atoms with E-state index in [4.69, 9.17) is 0 Å². The highest BCUT2D eigenvalue weighted by molar-refractivity contribution is 6.03. The van der Waals surface area contributed by atoms with Gasteiger partial charge in [-0.3, -0.25) is 14.8 Å². The summed E-state index contributed by atoms with van der Waals surface area (Å²) in [6.45, 7) is 1.59. The third-order valence-corrected chi connectivity index (χ3v) is 4.15. The van der Waals surface area contributed by atoms with E-state index in [2.05, 4.69) is 15.3 Å². The standard InChI is InChI=1S/C15H17N3O2/c1-15(20,10-3-2-4-10)14(19)18-13-6-8-17-12-5-7-16-9-11(12)13/h5-10,20H,2-4H2,1H3,(H,17,18,19). The molecule has 104 valence electrons. The van der Waals surface area contributed by atoms with Gasteiger partial charge in [-0.05, 0) is 37.8 Å². The lowest BCUT2D eigenvalue weighted by atomic mass is 9.73. The zero-order valence-corrected chi connectivity index (χ0v) is 11.3. The number of aromatic nitrogens is 2. The number of carbonyl (C=O) groups is 1. The van der Waals surface area contributed by atoms with Crippen LogP contribution in [0.5, 0.6) is 0 Å². The summed E-state index contributed by atoms with van der Waals surface area (Å²) in [6, 6.07) is 3.51. The summed E-state index contributed by atoms with van der Waals surface area (Å²) in [5.41, 5.74) is 0.0737. The molecule has 1 unspecified atom stereocenters. The summed E-state index contributed by atoms with van der Waals surface area (Å²) >= 11 is 0. The van der Waals surface area contributed by atoms with E-state index < -0.39 is 5.60 Å². The number of fused-ring (bicyclic) bond motifs is 1. The van der Waals surface area contributed by atoms with Crippen molar-refractivity contribution >= 4 is 22.5 Å². The van der Waals surface area contributed by atoms with Gasteiger partial charge >= 0.3 is 0 Å². The lowest BCUT2D eigenvalue weighted by Crippen LogP contribution is -2.49. The average molecular weight is 271 g/mol. The molecular weight excluding hydrogens is 254 g/mol. The van der Waals surface area contributed by atoms with E-state index in [-0.39, 0.29) is 11.8 Å². The Morgan fingerprint density at radius 3 is 2.90 bits per heavy atom. The molecule has 20 heavy (non-hydrogen) atoms. The van der Waals surface area contributed by atoms with Crippen molar-refractivity contribution in [1.29, 1.82) is 0 Å². The fourth-order valence-corrected chi connectivity index (χ4v) is 2.50. The van der Waals surface area contributed by atoms with E-state index in [0.717, 1.165) is 30.2 Å². The van der Waals surface area contributed by atoms with Gasteiger partial charge < -0.3 is 10.4 Å². The molecule has 2 aromatic heterocycles. The molecule has 0 saturated heterocycles. The smallest absolute Gasteiger partial charge is 0.256 e. The molecule has 0 bridgehead atoms. The van der Waals surface area contributed by atoms with E-state index in [1.165, 1.54) is 0 Å². The molecule has 0 radical (unpaired) electrons. The van der Waals surface area contributed by atoms with Crippen LogP contribution in [0.25, 0.3) is 10.9 Å². The molecule has 5 heteroatoms. The van der Waals surface area contributed by atoms with Gasteiger partial charge in [0.2, 0.25) is 0 Å². The molecule has 3 rings (SSSR count). The van der Waals surface area contributed by atoms with E-state index in [9.17, 15) is 9.90 Å². The van der Waals surface area contributed by atoms with Crippen LogP contribution in [-0.2, 0) is 4.79 Å². The van der Waals surface area contributed by atoms with Gasteiger partial charge in [0.25, 0.3) is 5.91 Å². The zero-order valence-electron chi connectivity index (χ0n) is 11.3. The number of anilines is 1. The van der Waals surface area contributed by atoms with Crippen molar-refractivity contribution < 1.29 is 9.90 Å². The number of nitrogens with zero attached hydrogens (tertiary/aromatic N) is 2. The molecule has 2 heterocycles. The van der Waals surface area contributed by atoms with Crippen molar-refractivity contribution in [1.82, 2.24) is 9.97 Å². The van der Waals surface area contributed by atoms with Gasteiger partial charge in [-0.2, -0.15) is 0 Å². The van der Waals surface area contributed by atoms with Crippen LogP contribution in [0.3, 0.4) is 0 Å². The predicted octanol–water partition coefficient (Wildman–Crippen LogP) is 2.12. The van der Waals surface area contributed by atoms with Crippen molar-refractivity contribution in [2.24, 2.45) is 5.92 Å². The molecule has 5 nitrogen and oxygen atoms in total. The Balaban J connectivity index is 1.87. The molecule has 0 spiro atoms. The summed E-state index contributed by atoms with van der Waals surface area (Å²) in [5.74, 6) is -0.313. The third kappa shape index (κ3) is 2.14. The second-order valence-electron chi connectivity index (χ2n) is 5.48. The van der Waals surface area contributed by atoms with Gasteiger partial charge in [-0.25, -0.2) is 0 Å². The first-order chi connectivity index (χ1) is 9.59. The highest BCUT2D eigenvalue weighted by atomic mass is 16.3. The average Bonchev–Trinajstić information content (AvgIpc) is 2.36. The molecule has 0 aliphatic heterocycles. The highest BCUT2D eigenvalue weighted by Gasteiger charge is 2.42. The summed E-state index contributed by atoms with van der Waals surface area (Å²) in [4.78, 5) is 20.6. The molecule has 1 amide bonds. The Kier molecular flexibility index (Phi) is 3.14. The van der Waals surface area contributed by atoms with Gasteiger partial charge in [0.05, 0.1) is 11.2 Å². The second-order valence-corrected chi connectivity index (χ2v) is 5.48. The van der Waals surface area contributed by atoms with E-state index in [1.54, 1.807) is 37.6 Å². The van der Waals surface area contributed by atoms with Gasteiger partial charge in [0.15, 0.2) is 0 Å². The van der Waals surface area contributed by atoms with Crippen LogP contribution in [0.15, 0.2) is 30.7 Å². The highest BCUT2D eigenvalue weighted by Crippen LogP contribution is 2.37. The molecule has 1 aliphatic carbocycles. The summed E-state index contributed by atoms with van der Waals surface area (Å²) < 4.78 is 0. The normalized spacial score (nSPS) is 18.3. The van der Waals surface area contributed by atoms with Crippen molar-refractivity contribution in [2.45, 2.75) is 31.8 Å². The predicted molar refractivity (Wildman–Crippen MR) is 76.1 cm³/mol. The number of amides is 1. The summed E-state index contributed by atoms with van der Waals surface area (Å²) in [5, 5.41) is 14.0.